The molecule has 0 radical (unpaired) electrons. The van der Waals surface area contributed by atoms with Crippen LogP contribution in [0.1, 0.15) is 56.4 Å². The molecule has 4 atom stereocenters. The van der Waals surface area contributed by atoms with E-state index in [4.69, 9.17) is 4.74 Å². The molecule has 1 aromatic heterocycles. The van der Waals surface area contributed by atoms with Crippen LogP contribution in [0.25, 0.3) is 6.08 Å². The Morgan fingerprint density at radius 2 is 2.06 bits per heavy atom. The van der Waals surface area contributed by atoms with Gasteiger partial charge in [-0.05, 0) is 67.3 Å². The highest BCUT2D eigenvalue weighted by Crippen LogP contribution is 2.50. The second kappa shape index (κ2) is 10.3. The van der Waals surface area contributed by atoms with Crippen LogP contribution in [0.2, 0.25) is 0 Å². The Hall–Kier alpha value is -2.77. The van der Waals surface area contributed by atoms with Crippen molar-refractivity contribution in [2.24, 2.45) is 17.8 Å². The number of allylic oxidation sites excluding steroid dienone is 2. The number of likely N-dealkylation sites (tertiary alicyclic amines) is 1. The molecule has 3 aliphatic rings. The fourth-order valence-corrected chi connectivity index (χ4v) is 6.86. The third-order valence-corrected chi connectivity index (χ3v) is 8.64. The van der Waals surface area contributed by atoms with E-state index in [1.807, 2.05) is 23.6 Å². The Bertz CT molecular complexity index is 1220. The molecule has 2 aromatic rings. The number of fused-ring (bicyclic) bond motifs is 3. The van der Waals surface area contributed by atoms with Gasteiger partial charge in [0.05, 0.1) is 31.1 Å². The average Bonchev–Trinajstić information content (AvgIpc) is 3.57. The van der Waals surface area contributed by atoms with Crippen molar-refractivity contribution < 1.29 is 23.8 Å². The molecular formula is C29H32FNO4S. The fraction of sp³-hybridized carbons (Fsp3) is 0.448. The number of phenols is 1. The number of ether oxygens (including phenoxy) is 1. The second-order valence-corrected chi connectivity index (χ2v) is 11.2. The SMILES string of the molecule is CCC/C(=C\c1ccc(O)c(F)c1)CC[C@H]1OC[C@H]2C1=C(C)C[C@H]1C(=O)N(Cc3cccs3)C(=O)[C@H]12. The van der Waals surface area contributed by atoms with E-state index in [1.165, 1.54) is 33.8 Å². The van der Waals surface area contributed by atoms with Gasteiger partial charge in [-0.15, -0.1) is 11.3 Å². The Kier molecular flexibility index (Phi) is 7.13. The van der Waals surface area contributed by atoms with E-state index < -0.39 is 5.82 Å². The minimum absolute atomic E-state index is 0.0386. The van der Waals surface area contributed by atoms with Crippen LogP contribution in [0.3, 0.4) is 0 Å². The number of nitrogens with zero attached hydrogens (tertiary/aromatic N) is 1. The van der Waals surface area contributed by atoms with Gasteiger partial charge < -0.3 is 9.84 Å². The van der Waals surface area contributed by atoms with Gasteiger partial charge in [0.25, 0.3) is 0 Å². The van der Waals surface area contributed by atoms with Gasteiger partial charge >= 0.3 is 0 Å². The van der Waals surface area contributed by atoms with Crippen molar-refractivity contribution in [3.63, 3.8) is 0 Å². The molecule has 5 nitrogen and oxygen atoms in total. The Morgan fingerprint density at radius 3 is 2.78 bits per heavy atom. The zero-order chi connectivity index (χ0) is 25.4. The Balaban J connectivity index is 1.31. The van der Waals surface area contributed by atoms with E-state index in [-0.39, 0.29) is 41.4 Å². The topological polar surface area (TPSA) is 66.8 Å². The van der Waals surface area contributed by atoms with Gasteiger partial charge in [0.2, 0.25) is 11.8 Å². The third kappa shape index (κ3) is 4.66. The Morgan fingerprint density at radius 1 is 1.22 bits per heavy atom. The summed E-state index contributed by atoms with van der Waals surface area (Å²) in [4.78, 5) is 29.1. The average molecular weight is 510 g/mol. The first-order chi connectivity index (χ1) is 17.4. The highest BCUT2D eigenvalue weighted by atomic mass is 32.1. The smallest absolute Gasteiger partial charge is 0.234 e. The summed E-state index contributed by atoms with van der Waals surface area (Å²) in [5.74, 6) is -1.72. The van der Waals surface area contributed by atoms with E-state index >= 15 is 0 Å². The first kappa shape index (κ1) is 24.9. The highest BCUT2D eigenvalue weighted by molar-refractivity contribution is 7.09. The molecule has 1 aliphatic carbocycles. The number of carbonyl (C=O) groups excluding carboxylic acids is 2. The summed E-state index contributed by atoms with van der Waals surface area (Å²) in [6.07, 6.45) is 6.01. The molecule has 0 saturated carbocycles. The number of carbonyl (C=O) groups is 2. The predicted octanol–water partition coefficient (Wildman–Crippen LogP) is 6.09. The second-order valence-electron chi connectivity index (χ2n) is 10.1. The number of hydrogen-bond acceptors (Lipinski definition) is 5. The number of amides is 2. The van der Waals surface area contributed by atoms with E-state index in [0.29, 0.717) is 19.6 Å². The Labute approximate surface area is 215 Å². The van der Waals surface area contributed by atoms with Gasteiger partial charge in [-0.3, -0.25) is 14.5 Å². The van der Waals surface area contributed by atoms with Crippen LogP contribution in [0.5, 0.6) is 5.75 Å². The van der Waals surface area contributed by atoms with Crippen LogP contribution in [-0.2, 0) is 20.9 Å². The number of rotatable bonds is 8. The van der Waals surface area contributed by atoms with Crippen LogP contribution in [0.4, 0.5) is 4.39 Å². The fourth-order valence-electron chi connectivity index (χ4n) is 6.16. The lowest BCUT2D eigenvalue weighted by atomic mass is 9.70. The van der Waals surface area contributed by atoms with Crippen molar-refractivity contribution in [1.82, 2.24) is 4.90 Å². The van der Waals surface area contributed by atoms with Crippen LogP contribution in [0, 0.1) is 23.6 Å². The number of benzene rings is 1. The molecule has 190 valence electrons. The van der Waals surface area contributed by atoms with Crippen molar-refractivity contribution in [1.29, 1.82) is 0 Å². The van der Waals surface area contributed by atoms with E-state index in [1.54, 1.807) is 17.4 Å². The summed E-state index contributed by atoms with van der Waals surface area (Å²) < 4.78 is 20.1. The zero-order valence-electron chi connectivity index (χ0n) is 20.7. The largest absolute Gasteiger partial charge is 0.505 e. The van der Waals surface area contributed by atoms with E-state index in [9.17, 15) is 19.1 Å². The molecule has 2 aliphatic heterocycles. The number of aromatic hydroxyl groups is 1. The van der Waals surface area contributed by atoms with Gasteiger partial charge in [0, 0.05) is 10.8 Å². The van der Waals surface area contributed by atoms with Crippen molar-refractivity contribution in [3.8, 4) is 5.75 Å². The molecule has 1 N–H and O–H groups in total. The van der Waals surface area contributed by atoms with Gasteiger partial charge in [-0.25, -0.2) is 4.39 Å². The van der Waals surface area contributed by atoms with Gasteiger partial charge in [0.15, 0.2) is 11.6 Å². The van der Waals surface area contributed by atoms with Crippen LogP contribution >= 0.6 is 11.3 Å². The summed E-state index contributed by atoms with van der Waals surface area (Å²) >= 11 is 1.56. The summed E-state index contributed by atoms with van der Waals surface area (Å²) in [5.41, 5.74) is 4.33. The number of imide groups is 1. The quantitative estimate of drug-likeness (QED) is 0.345. The number of thiophene rings is 1. The summed E-state index contributed by atoms with van der Waals surface area (Å²) in [6.45, 7) is 5.03. The molecule has 0 spiro atoms. The molecule has 7 heteroatoms. The number of halogens is 1. The maximum Gasteiger partial charge on any atom is 0.234 e. The molecule has 0 bridgehead atoms. The van der Waals surface area contributed by atoms with Crippen molar-refractivity contribution in [2.75, 3.05) is 6.61 Å². The van der Waals surface area contributed by atoms with E-state index in [2.05, 4.69) is 13.8 Å². The van der Waals surface area contributed by atoms with Crippen LogP contribution in [0.15, 0.2) is 52.4 Å². The summed E-state index contributed by atoms with van der Waals surface area (Å²) in [6, 6.07) is 8.35. The van der Waals surface area contributed by atoms with Crippen molar-refractivity contribution >= 4 is 29.2 Å². The lowest BCUT2D eigenvalue weighted by molar-refractivity contribution is -0.140. The number of hydrogen-bond donors (Lipinski definition) is 1. The van der Waals surface area contributed by atoms with Gasteiger partial charge in [0.1, 0.15) is 0 Å². The van der Waals surface area contributed by atoms with E-state index in [0.717, 1.165) is 36.1 Å². The predicted molar refractivity (Wildman–Crippen MR) is 138 cm³/mol. The third-order valence-electron chi connectivity index (χ3n) is 7.78. The lowest BCUT2D eigenvalue weighted by Crippen LogP contribution is -2.34. The van der Waals surface area contributed by atoms with Crippen LogP contribution < -0.4 is 0 Å². The summed E-state index contributed by atoms with van der Waals surface area (Å²) in [5, 5.41) is 11.4. The molecule has 0 unspecified atom stereocenters. The minimum atomic E-state index is -0.622. The first-order valence-electron chi connectivity index (χ1n) is 12.7. The molecule has 36 heavy (non-hydrogen) atoms. The van der Waals surface area contributed by atoms with Crippen molar-refractivity contribution in [2.45, 2.75) is 58.6 Å². The van der Waals surface area contributed by atoms with Crippen molar-refractivity contribution in [3.05, 3.63) is 68.7 Å². The molecule has 1 aromatic carbocycles. The molecule has 3 heterocycles. The first-order valence-corrected chi connectivity index (χ1v) is 13.6. The maximum atomic E-state index is 13.8. The molecule has 2 saturated heterocycles. The zero-order valence-corrected chi connectivity index (χ0v) is 21.5. The van der Waals surface area contributed by atoms with Crippen LogP contribution in [-0.4, -0.2) is 34.5 Å². The standard InChI is InChI=1S/C29H32FNO4S/c1-3-5-18(13-19-7-9-24(32)23(30)14-19)8-10-25-26-17(2)12-21-27(22(26)16-35-25)29(34)31(28(21)33)15-20-6-4-11-36-20/h4,6-7,9,11,13-14,21-22,25,27,32H,3,5,8,10,12,15-16H2,1-2H3/b18-13+/t21-,22+,25-,27-/m1/s1. The monoisotopic (exact) mass is 509 g/mol. The van der Waals surface area contributed by atoms with Gasteiger partial charge in [-0.2, -0.15) is 0 Å². The normalized spacial score (nSPS) is 26.1. The minimum Gasteiger partial charge on any atom is -0.505 e. The summed E-state index contributed by atoms with van der Waals surface area (Å²) in [7, 11) is 0. The number of phenolic OH excluding ortho intramolecular Hbond substituents is 1. The highest BCUT2D eigenvalue weighted by Gasteiger charge is 2.56. The molecule has 5 rings (SSSR count). The molecule has 2 fully saturated rings. The lowest BCUT2D eigenvalue weighted by Gasteiger charge is -2.30. The molecule has 2 amide bonds. The maximum absolute atomic E-state index is 13.8. The molecular weight excluding hydrogens is 477 g/mol. The van der Waals surface area contributed by atoms with Gasteiger partial charge in [-0.1, -0.05) is 42.7 Å².